The van der Waals surface area contributed by atoms with Gasteiger partial charge in [0.1, 0.15) is 5.69 Å². The maximum Gasteiger partial charge on any atom is 0.416 e. The van der Waals surface area contributed by atoms with E-state index in [0.29, 0.717) is 5.56 Å². The van der Waals surface area contributed by atoms with E-state index >= 15 is 0 Å². The Morgan fingerprint density at radius 1 is 1.17 bits per heavy atom. The highest BCUT2D eigenvalue weighted by molar-refractivity contribution is 5.99. The van der Waals surface area contributed by atoms with Crippen molar-refractivity contribution in [1.82, 2.24) is 4.57 Å². The van der Waals surface area contributed by atoms with E-state index in [1.54, 1.807) is 18.2 Å². The van der Waals surface area contributed by atoms with E-state index in [0.717, 1.165) is 10.1 Å². The van der Waals surface area contributed by atoms with E-state index in [9.17, 15) is 9.59 Å². The standard InChI is InChI=1S/C13H11NO4/c1-18-12(15)11-10(7-8-14(11)13(16)17)9-5-3-2-4-6-9/h2-8H,1H3,(H,16,17). The molecule has 0 fully saturated rings. The Labute approximate surface area is 103 Å². The summed E-state index contributed by atoms with van der Waals surface area (Å²) in [5, 5.41) is 9.03. The highest BCUT2D eigenvalue weighted by Crippen LogP contribution is 2.25. The van der Waals surface area contributed by atoms with E-state index in [2.05, 4.69) is 4.74 Å². The number of esters is 1. The number of hydrogen-bond donors (Lipinski definition) is 1. The van der Waals surface area contributed by atoms with Gasteiger partial charge in [-0.1, -0.05) is 30.3 Å². The van der Waals surface area contributed by atoms with Crippen molar-refractivity contribution in [2.24, 2.45) is 0 Å². The van der Waals surface area contributed by atoms with E-state index in [4.69, 9.17) is 5.11 Å². The van der Waals surface area contributed by atoms with Crippen molar-refractivity contribution in [2.75, 3.05) is 7.11 Å². The zero-order valence-corrected chi connectivity index (χ0v) is 9.66. The van der Waals surface area contributed by atoms with Crippen molar-refractivity contribution in [3.63, 3.8) is 0 Å². The van der Waals surface area contributed by atoms with Gasteiger partial charge < -0.3 is 9.84 Å². The van der Waals surface area contributed by atoms with Crippen molar-refractivity contribution < 1.29 is 19.4 Å². The largest absolute Gasteiger partial charge is 0.464 e. The van der Waals surface area contributed by atoms with Gasteiger partial charge in [0, 0.05) is 11.8 Å². The molecule has 1 heterocycles. The molecule has 0 aliphatic carbocycles. The lowest BCUT2D eigenvalue weighted by atomic mass is 10.1. The lowest BCUT2D eigenvalue weighted by molar-refractivity contribution is 0.0589. The van der Waals surface area contributed by atoms with Gasteiger partial charge in [-0.2, -0.15) is 0 Å². The van der Waals surface area contributed by atoms with Gasteiger partial charge in [0.2, 0.25) is 0 Å². The minimum atomic E-state index is -1.22. The zero-order chi connectivity index (χ0) is 13.1. The molecule has 5 nitrogen and oxygen atoms in total. The third-order valence-electron chi connectivity index (χ3n) is 2.56. The van der Waals surface area contributed by atoms with E-state index < -0.39 is 12.1 Å². The first-order chi connectivity index (χ1) is 8.65. The lowest BCUT2D eigenvalue weighted by Crippen LogP contribution is -2.16. The molecule has 1 aromatic heterocycles. The molecule has 0 unspecified atom stereocenters. The Balaban J connectivity index is 2.62. The van der Waals surface area contributed by atoms with Crippen LogP contribution in [0, 0.1) is 0 Å². The SMILES string of the molecule is COC(=O)c1c(-c2ccccc2)ccn1C(=O)O. The molecule has 0 amide bonds. The highest BCUT2D eigenvalue weighted by Gasteiger charge is 2.21. The molecule has 0 aliphatic heterocycles. The summed E-state index contributed by atoms with van der Waals surface area (Å²) in [4.78, 5) is 22.7. The molecular formula is C13H11NO4. The first-order valence-electron chi connectivity index (χ1n) is 5.23. The molecule has 0 bridgehead atoms. The predicted octanol–water partition coefficient (Wildman–Crippen LogP) is 2.47. The van der Waals surface area contributed by atoms with Crippen LogP contribution in [-0.2, 0) is 4.74 Å². The molecule has 18 heavy (non-hydrogen) atoms. The normalized spacial score (nSPS) is 10.1. The van der Waals surface area contributed by atoms with Crippen LogP contribution in [0.2, 0.25) is 0 Å². The van der Waals surface area contributed by atoms with Crippen molar-refractivity contribution >= 4 is 12.1 Å². The number of ether oxygens (including phenoxy) is 1. The van der Waals surface area contributed by atoms with Gasteiger partial charge in [-0.25, -0.2) is 14.2 Å². The van der Waals surface area contributed by atoms with Gasteiger partial charge >= 0.3 is 12.1 Å². The van der Waals surface area contributed by atoms with E-state index in [1.807, 2.05) is 18.2 Å². The molecule has 0 atom stereocenters. The monoisotopic (exact) mass is 245 g/mol. The van der Waals surface area contributed by atoms with E-state index in [1.165, 1.54) is 13.3 Å². The summed E-state index contributed by atoms with van der Waals surface area (Å²) in [5.74, 6) is -0.679. The highest BCUT2D eigenvalue weighted by atomic mass is 16.5. The molecule has 0 saturated carbocycles. The second-order valence-corrected chi connectivity index (χ2v) is 3.59. The summed E-state index contributed by atoms with van der Waals surface area (Å²) in [6, 6.07) is 10.6. The molecule has 5 heteroatoms. The summed E-state index contributed by atoms with van der Waals surface area (Å²) in [6.07, 6.45) is 0.106. The number of carbonyl (C=O) groups is 2. The second kappa shape index (κ2) is 4.75. The van der Waals surface area contributed by atoms with Crippen LogP contribution in [0.15, 0.2) is 42.6 Å². The van der Waals surface area contributed by atoms with Crippen LogP contribution >= 0.6 is 0 Å². The molecule has 0 radical (unpaired) electrons. The van der Waals surface area contributed by atoms with Crippen LogP contribution in [0.3, 0.4) is 0 Å². The first-order valence-corrected chi connectivity index (χ1v) is 5.23. The van der Waals surface area contributed by atoms with Crippen LogP contribution in [-0.4, -0.2) is 28.8 Å². The van der Waals surface area contributed by atoms with Gasteiger partial charge in [-0.15, -0.1) is 0 Å². The van der Waals surface area contributed by atoms with Crippen molar-refractivity contribution in [3.05, 3.63) is 48.3 Å². The van der Waals surface area contributed by atoms with Crippen LogP contribution < -0.4 is 0 Å². The summed E-state index contributed by atoms with van der Waals surface area (Å²) in [5.41, 5.74) is 1.30. The summed E-state index contributed by atoms with van der Waals surface area (Å²) in [7, 11) is 1.22. The zero-order valence-electron chi connectivity index (χ0n) is 9.66. The number of benzene rings is 1. The lowest BCUT2D eigenvalue weighted by Gasteiger charge is -2.05. The fraction of sp³-hybridized carbons (Fsp3) is 0.0769. The number of hydrogen-bond acceptors (Lipinski definition) is 3. The fourth-order valence-electron chi connectivity index (χ4n) is 1.75. The minimum Gasteiger partial charge on any atom is -0.464 e. The summed E-state index contributed by atoms with van der Waals surface area (Å²) >= 11 is 0. The third-order valence-corrected chi connectivity index (χ3v) is 2.56. The number of carboxylic acid groups (broad SMARTS) is 1. The van der Waals surface area contributed by atoms with Crippen LogP contribution in [0.5, 0.6) is 0 Å². The van der Waals surface area contributed by atoms with Gasteiger partial charge in [-0.3, -0.25) is 0 Å². The Kier molecular flexibility index (Phi) is 3.14. The van der Waals surface area contributed by atoms with Crippen LogP contribution in [0.1, 0.15) is 10.5 Å². The van der Waals surface area contributed by atoms with Gasteiger partial charge in [0.05, 0.1) is 7.11 Å². The van der Waals surface area contributed by atoms with Gasteiger partial charge in [-0.05, 0) is 11.6 Å². The Bertz CT molecular complexity index is 586. The van der Waals surface area contributed by atoms with Crippen LogP contribution in [0.25, 0.3) is 11.1 Å². The average Bonchev–Trinajstić information content (AvgIpc) is 2.83. The number of aromatic nitrogens is 1. The Morgan fingerprint density at radius 3 is 2.39 bits per heavy atom. The van der Waals surface area contributed by atoms with Crippen molar-refractivity contribution in [3.8, 4) is 11.1 Å². The Morgan fingerprint density at radius 2 is 1.83 bits per heavy atom. The van der Waals surface area contributed by atoms with Crippen LogP contribution in [0.4, 0.5) is 4.79 Å². The Hall–Kier alpha value is -2.56. The molecule has 0 aliphatic rings. The fourth-order valence-corrected chi connectivity index (χ4v) is 1.75. The average molecular weight is 245 g/mol. The predicted molar refractivity (Wildman–Crippen MR) is 64.6 cm³/mol. The first kappa shape index (κ1) is 11.9. The molecule has 0 saturated heterocycles. The molecule has 1 aromatic carbocycles. The second-order valence-electron chi connectivity index (χ2n) is 3.59. The summed E-state index contributed by atoms with van der Waals surface area (Å²) in [6.45, 7) is 0. The number of methoxy groups -OCH3 is 1. The molecule has 2 rings (SSSR count). The number of rotatable bonds is 2. The molecule has 0 spiro atoms. The van der Waals surface area contributed by atoms with Crippen molar-refractivity contribution in [1.29, 1.82) is 0 Å². The van der Waals surface area contributed by atoms with E-state index in [-0.39, 0.29) is 5.69 Å². The quantitative estimate of drug-likeness (QED) is 0.825. The van der Waals surface area contributed by atoms with Crippen molar-refractivity contribution in [2.45, 2.75) is 0 Å². The number of carbonyl (C=O) groups excluding carboxylic acids is 1. The minimum absolute atomic E-state index is 0.0104. The third kappa shape index (κ3) is 1.98. The maximum absolute atomic E-state index is 11.7. The summed E-state index contributed by atoms with van der Waals surface area (Å²) < 4.78 is 5.48. The molecular weight excluding hydrogens is 234 g/mol. The molecule has 1 N–H and O–H groups in total. The smallest absolute Gasteiger partial charge is 0.416 e. The molecule has 2 aromatic rings. The van der Waals surface area contributed by atoms with Gasteiger partial charge in [0.15, 0.2) is 0 Å². The van der Waals surface area contributed by atoms with Gasteiger partial charge in [0.25, 0.3) is 0 Å². The topological polar surface area (TPSA) is 68.5 Å². The number of nitrogens with zero attached hydrogens (tertiary/aromatic N) is 1. The maximum atomic E-state index is 11.7. The molecule has 92 valence electrons.